The summed E-state index contributed by atoms with van der Waals surface area (Å²) in [6.07, 6.45) is 1.21. The van der Waals surface area contributed by atoms with E-state index in [0.717, 1.165) is 18.2 Å². The van der Waals surface area contributed by atoms with Crippen molar-refractivity contribution in [2.75, 3.05) is 13.2 Å². The molecule has 0 fully saturated rings. The third-order valence-electron chi connectivity index (χ3n) is 1.70. The lowest BCUT2D eigenvalue weighted by Crippen LogP contribution is -2.00. The first kappa shape index (κ1) is 10.9. The summed E-state index contributed by atoms with van der Waals surface area (Å²) in [5.74, 6) is -1.18. The Kier molecular flexibility index (Phi) is 4.32. The largest absolute Gasteiger partial charge is 0.490 e. The Morgan fingerprint density at radius 3 is 2.71 bits per heavy atom. The quantitative estimate of drug-likeness (QED) is 0.741. The van der Waals surface area contributed by atoms with Gasteiger partial charge in [-0.3, -0.25) is 0 Å². The van der Waals surface area contributed by atoms with E-state index in [-0.39, 0.29) is 19.0 Å². The Hall–Kier alpha value is -1.16. The van der Waals surface area contributed by atoms with E-state index in [1.165, 1.54) is 0 Å². The highest BCUT2D eigenvalue weighted by molar-refractivity contribution is 5.24. The number of hydrogen-bond acceptors (Lipinski definition) is 2. The fraction of sp³-hybridized carbons (Fsp3) is 0.400. The molecule has 14 heavy (non-hydrogen) atoms. The van der Waals surface area contributed by atoms with Crippen molar-refractivity contribution in [1.82, 2.24) is 0 Å². The lowest BCUT2D eigenvalue weighted by atomic mass is 10.3. The fourth-order valence-electron chi connectivity index (χ4n) is 0.984. The third-order valence-corrected chi connectivity index (χ3v) is 1.70. The van der Waals surface area contributed by atoms with Gasteiger partial charge in [-0.05, 0) is 25.0 Å². The second-order valence-corrected chi connectivity index (χ2v) is 2.85. The molecule has 0 aliphatic carbocycles. The average Bonchev–Trinajstić information content (AvgIpc) is 2.18. The van der Waals surface area contributed by atoms with Gasteiger partial charge in [0.25, 0.3) is 0 Å². The molecule has 1 N–H and O–H groups in total. The molecule has 1 aromatic carbocycles. The standard InChI is InChI=1S/C10H12F2O2/c11-8-3-4-9(12)10(7-8)14-6-2-1-5-13/h3-4,7,13H,1-2,5-6H2. The average molecular weight is 202 g/mol. The lowest BCUT2D eigenvalue weighted by molar-refractivity contribution is 0.248. The van der Waals surface area contributed by atoms with Crippen LogP contribution in [-0.4, -0.2) is 18.3 Å². The van der Waals surface area contributed by atoms with Crippen LogP contribution in [0, 0.1) is 11.6 Å². The zero-order valence-corrected chi connectivity index (χ0v) is 7.67. The number of rotatable bonds is 5. The number of aliphatic hydroxyl groups is 1. The van der Waals surface area contributed by atoms with Crippen LogP contribution >= 0.6 is 0 Å². The summed E-state index contributed by atoms with van der Waals surface area (Å²) in [4.78, 5) is 0. The summed E-state index contributed by atoms with van der Waals surface area (Å²) in [6, 6.07) is 3.07. The predicted molar refractivity (Wildman–Crippen MR) is 48.2 cm³/mol. The Balaban J connectivity index is 2.45. The van der Waals surface area contributed by atoms with E-state index in [1.807, 2.05) is 0 Å². The van der Waals surface area contributed by atoms with Crippen LogP contribution in [0.4, 0.5) is 8.78 Å². The van der Waals surface area contributed by atoms with Crippen LogP contribution in [0.15, 0.2) is 18.2 Å². The Morgan fingerprint density at radius 1 is 1.21 bits per heavy atom. The SMILES string of the molecule is OCCCCOc1cc(F)ccc1F. The molecule has 0 aliphatic rings. The van der Waals surface area contributed by atoms with E-state index in [0.29, 0.717) is 12.8 Å². The van der Waals surface area contributed by atoms with Crippen LogP contribution in [0.2, 0.25) is 0 Å². The molecule has 0 unspecified atom stereocenters. The van der Waals surface area contributed by atoms with Crippen LogP contribution in [-0.2, 0) is 0 Å². The number of aliphatic hydroxyl groups excluding tert-OH is 1. The van der Waals surface area contributed by atoms with Crippen molar-refractivity contribution in [1.29, 1.82) is 0 Å². The number of ether oxygens (including phenoxy) is 1. The van der Waals surface area contributed by atoms with Crippen molar-refractivity contribution in [3.05, 3.63) is 29.8 Å². The number of hydrogen-bond donors (Lipinski definition) is 1. The molecule has 78 valence electrons. The van der Waals surface area contributed by atoms with Crippen molar-refractivity contribution in [3.63, 3.8) is 0 Å². The molecule has 0 amide bonds. The van der Waals surface area contributed by atoms with Gasteiger partial charge < -0.3 is 9.84 Å². The maximum absolute atomic E-state index is 12.9. The van der Waals surface area contributed by atoms with Crippen molar-refractivity contribution in [2.45, 2.75) is 12.8 Å². The van der Waals surface area contributed by atoms with Crippen LogP contribution in [0.25, 0.3) is 0 Å². The van der Waals surface area contributed by atoms with Crippen molar-refractivity contribution in [3.8, 4) is 5.75 Å². The minimum Gasteiger partial charge on any atom is -0.490 e. The molecule has 0 heterocycles. The molecule has 2 nitrogen and oxygen atoms in total. The van der Waals surface area contributed by atoms with Crippen LogP contribution < -0.4 is 4.74 Å². The molecular formula is C10H12F2O2. The normalized spacial score (nSPS) is 10.2. The van der Waals surface area contributed by atoms with E-state index in [1.54, 1.807) is 0 Å². The zero-order valence-electron chi connectivity index (χ0n) is 7.67. The summed E-state index contributed by atoms with van der Waals surface area (Å²) in [5.41, 5.74) is 0. The van der Waals surface area contributed by atoms with Crippen molar-refractivity contribution in [2.24, 2.45) is 0 Å². The van der Waals surface area contributed by atoms with Crippen LogP contribution in [0.5, 0.6) is 5.75 Å². The number of unbranched alkanes of at least 4 members (excludes halogenated alkanes) is 1. The highest BCUT2D eigenvalue weighted by atomic mass is 19.1. The molecule has 0 aromatic heterocycles. The second-order valence-electron chi connectivity index (χ2n) is 2.85. The molecule has 0 radical (unpaired) electrons. The van der Waals surface area contributed by atoms with E-state index in [2.05, 4.69) is 0 Å². The van der Waals surface area contributed by atoms with Gasteiger partial charge in [-0.2, -0.15) is 0 Å². The fourth-order valence-corrected chi connectivity index (χ4v) is 0.984. The second kappa shape index (κ2) is 5.54. The van der Waals surface area contributed by atoms with E-state index in [4.69, 9.17) is 9.84 Å². The summed E-state index contributed by atoms with van der Waals surface area (Å²) in [5, 5.41) is 8.47. The summed E-state index contributed by atoms with van der Waals surface area (Å²) >= 11 is 0. The molecule has 4 heteroatoms. The molecule has 0 spiro atoms. The van der Waals surface area contributed by atoms with Crippen molar-refractivity contribution < 1.29 is 18.6 Å². The molecule has 0 saturated heterocycles. The van der Waals surface area contributed by atoms with Gasteiger partial charge in [0.1, 0.15) is 5.82 Å². The zero-order chi connectivity index (χ0) is 10.4. The molecular weight excluding hydrogens is 190 g/mol. The van der Waals surface area contributed by atoms with Gasteiger partial charge in [0.05, 0.1) is 6.61 Å². The van der Waals surface area contributed by atoms with Gasteiger partial charge in [-0.25, -0.2) is 8.78 Å². The Bertz CT molecular complexity index is 289. The maximum atomic E-state index is 12.9. The van der Waals surface area contributed by atoms with Gasteiger partial charge in [0.15, 0.2) is 11.6 Å². The molecule has 0 bridgehead atoms. The first-order valence-electron chi connectivity index (χ1n) is 4.43. The van der Waals surface area contributed by atoms with Crippen LogP contribution in [0.1, 0.15) is 12.8 Å². The Labute approximate surface area is 81.1 Å². The van der Waals surface area contributed by atoms with Gasteiger partial charge in [-0.1, -0.05) is 0 Å². The van der Waals surface area contributed by atoms with E-state index < -0.39 is 11.6 Å². The summed E-state index contributed by atoms with van der Waals surface area (Å²) in [6.45, 7) is 0.357. The first-order chi connectivity index (χ1) is 6.74. The van der Waals surface area contributed by atoms with Gasteiger partial charge in [-0.15, -0.1) is 0 Å². The first-order valence-corrected chi connectivity index (χ1v) is 4.43. The summed E-state index contributed by atoms with van der Waals surface area (Å²) in [7, 11) is 0. The minimum atomic E-state index is -0.574. The van der Waals surface area contributed by atoms with E-state index >= 15 is 0 Å². The van der Waals surface area contributed by atoms with E-state index in [9.17, 15) is 8.78 Å². The minimum absolute atomic E-state index is 0.0784. The van der Waals surface area contributed by atoms with Gasteiger partial charge >= 0.3 is 0 Å². The predicted octanol–water partition coefficient (Wildman–Crippen LogP) is 2.12. The molecule has 0 aliphatic heterocycles. The lowest BCUT2D eigenvalue weighted by Gasteiger charge is -2.06. The van der Waals surface area contributed by atoms with Gasteiger partial charge in [0.2, 0.25) is 0 Å². The Morgan fingerprint density at radius 2 is 2.00 bits per heavy atom. The maximum Gasteiger partial charge on any atom is 0.165 e. The molecule has 1 rings (SSSR count). The van der Waals surface area contributed by atoms with Crippen molar-refractivity contribution >= 4 is 0 Å². The smallest absolute Gasteiger partial charge is 0.165 e. The van der Waals surface area contributed by atoms with Gasteiger partial charge in [0, 0.05) is 12.7 Å². The molecule has 0 atom stereocenters. The molecule has 1 aromatic rings. The molecule has 0 saturated carbocycles. The van der Waals surface area contributed by atoms with Crippen LogP contribution in [0.3, 0.4) is 0 Å². The topological polar surface area (TPSA) is 29.5 Å². The highest BCUT2D eigenvalue weighted by Crippen LogP contribution is 2.18. The third kappa shape index (κ3) is 3.30. The number of benzene rings is 1. The monoisotopic (exact) mass is 202 g/mol. The summed E-state index contributed by atoms with van der Waals surface area (Å²) < 4.78 is 30.6. The highest BCUT2D eigenvalue weighted by Gasteiger charge is 2.03. The number of halogens is 2.